The Balaban J connectivity index is 1.68. The number of rotatable bonds is 22. The van der Waals surface area contributed by atoms with Gasteiger partial charge < -0.3 is 36.8 Å². The van der Waals surface area contributed by atoms with Gasteiger partial charge in [-0.25, -0.2) is 4.79 Å². The second-order valence-electron chi connectivity index (χ2n) is 14.6. The molecule has 15 heteroatoms. The minimum absolute atomic E-state index is 0.0181. The van der Waals surface area contributed by atoms with Crippen molar-refractivity contribution in [3.05, 3.63) is 71.8 Å². The van der Waals surface area contributed by atoms with Crippen LogP contribution < -0.4 is 26.6 Å². The maximum Gasteiger partial charge on any atom is 0.330 e. The van der Waals surface area contributed by atoms with Crippen molar-refractivity contribution in [1.29, 1.82) is 0 Å². The highest BCUT2D eigenvalue weighted by Crippen LogP contribution is 2.28. The fourth-order valence-electron chi connectivity index (χ4n) is 6.85. The molecule has 1 aliphatic carbocycles. The largest absolute Gasteiger partial charge is 0.481 e. The number of carboxylic acid groups (broad SMARTS) is 2. The Morgan fingerprint density at radius 3 is 1.82 bits per heavy atom. The molecule has 7 N–H and O–H groups in total. The standard InChI is InChI=1S/C41H55N5O10/c1-4-14-30(36(49)39(52)42-24-33(48)46-35(41(55)56)28-19-12-7-13-20-28)43-37(50)31(23-25(2)3)44-38(51)34(27-17-10-6-11-18-27)45-32(47)22-21-29(40(53)54)26-15-8-5-9-16-26/h5,7-9,12-13,15-16,19-20,25,27,29-31,34-35H,4,6,10-11,14,17-18,21-24H2,1-3H3,(H,42,52)(H,43,50)(H,44,51)(H,45,47)(H,46,48)(H,53,54)(H,55,56)/t29?,30?,31-,34-,35-/m0/s1. The van der Waals surface area contributed by atoms with Gasteiger partial charge in [-0.15, -0.1) is 0 Å². The number of hydrogen-bond acceptors (Lipinski definition) is 8. The van der Waals surface area contributed by atoms with Crippen LogP contribution in [0.5, 0.6) is 0 Å². The van der Waals surface area contributed by atoms with Gasteiger partial charge >= 0.3 is 11.9 Å². The quantitative estimate of drug-likeness (QED) is 0.0863. The number of carbonyl (C=O) groups is 8. The number of benzene rings is 2. The van der Waals surface area contributed by atoms with Crippen LogP contribution in [0.25, 0.3) is 0 Å². The Morgan fingerprint density at radius 1 is 0.679 bits per heavy atom. The zero-order chi connectivity index (χ0) is 41.2. The SMILES string of the molecule is CCCC(NC(=O)[C@H](CC(C)C)NC(=O)[C@@H](NC(=O)CCC(C(=O)O)c1ccccc1)C1CCCCC1)C(=O)C(=O)NCC(=O)N[C@H](C(=O)O)c1ccccc1. The monoisotopic (exact) mass is 777 g/mol. The number of Topliss-reactive ketones (excluding diaryl/α,β-unsaturated/α-hetero) is 1. The molecule has 3 rings (SSSR count). The molecule has 2 aromatic carbocycles. The first-order valence-corrected chi connectivity index (χ1v) is 19.3. The smallest absolute Gasteiger partial charge is 0.330 e. The first-order valence-electron chi connectivity index (χ1n) is 19.3. The molecule has 0 bridgehead atoms. The van der Waals surface area contributed by atoms with Gasteiger partial charge in [-0.3, -0.25) is 33.6 Å². The van der Waals surface area contributed by atoms with Crippen LogP contribution in [0.15, 0.2) is 60.7 Å². The number of aliphatic carboxylic acids is 2. The third kappa shape index (κ3) is 14.2. The topological polar surface area (TPSA) is 237 Å². The van der Waals surface area contributed by atoms with E-state index in [4.69, 9.17) is 0 Å². The zero-order valence-corrected chi connectivity index (χ0v) is 32.3. The molecular formula is C41H55N5O10. The van der Waals surface area contributed by atoms with E-state index in [9.17, 15) is 48.6 Å². The van der Waals surface area contributed by atoms with Crippen molar-refractivity contribution in [3.8, 4) is 0 Å². The summed E-state index contributed by atoms with van der Waals surface area (Å²) >= 11 is 0. The van der Waals surface area contributed by atoms with Gasteiger partial charge in [0.1, 0.15) is 12.1 Å². The molecule has 0 aliphatic heterocycles. The highest BCUT2D eigenvalue weighted by Gasteiger charge is 2.36. The van der Waals surface area contributed by atoms with E-state index in [-0.39, 0.29) is 37.5 Å². The van der Waals surface area contributed by atoms with Gasteiger partial charge in [0.2, 0.25) is 29.4 Å². The summed E-state index contributed by atoms with van der Waals surface area (Å²) in [5, 5.41) is 32.1. The Hall–Kier alpha value is -5.60. The summed E-state index contributed by atoms with van der Waals surface area (Å²) < 4.78 is 0. The minimum Gasteiger partial charge on any atom is -0.481 e. The van der Waals surface area contributed by atoms with Gasteiger partial charge in [-0.05, 0) is 55.1 Å². The van der Waals surface area contributed by atoms with Crippen molar-refractivity contribution in [2.45, 2.75) is 115 Å². The summed E-state index contributed by atoms with van der Waals surface area (Å²) in [4.78, 5) is 103. The van der Waals surface area contributed by atoms with Gasteiger partial charge in [0.05, 0.1) is 18.5 Å². The molecule has 5 atom stereocenters. The number of nitrogens with one attached hydrogen (secondary N) is 5. The van der Waals surface area contributed by atoms with Crippen LogP contribution in [-0.2, 0) is 38.4 Å². The van der Waals surface area contributed by atoms with Crippen LogP contribution in [0, 0.1) is 11.8 Å². The lowest BCUT2D eigenvalue weighted by molar-refractivity contribution is -0.142. The Morgan fingerprint density at radius 2 is 1.27 bits per heavy atom. The first-order chi connectivity index (χ1) is 26.7. The summed E-state index contributed by atoms with van der Waals surface area (Å²) in [6.07, 6.45) is 4.55. The van der Waals surface area contributed by atoms with E-state index in [1.807, 2.05) is 13.8 Å². The van der Waals surface area contributed by atoms with E-state index in [1.54, 1.807) is 55.5 Å². The van der Waals surface area contributed by atoms with E-state index in [0.717, 1.165) is 19.3 Å². The van der Waals surface area contributed by atoms with Crippen molar-refractivity contribution in [2.24, 2.45) is 11.8 Å². The molecule has 0 radical (unpaired) electrons. The van der Waals surface area contributed by atoms with Crippen LogP contribution in [-0.4, -0.2) is 82.1 Å². The van der Waals surface area contributed by atoms with Gasteiger partial charge in [-0.2, -0.15) is 0 Å². The molecule has 5 amide bonds. The molecule has 0 saturated heterocycles. The second-order valence-corrected chi connectivity index (χ2v) is 14.6. The van der Waals surface area contributed by atoms with E-state index in [2.05, 4.69) is 26.6 Å². The zero-order valence-electron chi connectivity index (χ0n) is 32.3. The number of carbonyl (C=O) groups excluding carboxylic acids is 6. The number of carboxylic acids is 2. The maximum absolute atomic E-state index is 13.9. The summed E-state index contributed by atoms with van der Waals surface area (Å²) in [7, 11) is 0. The van der Waals surface area contributed by atoms with Gasteiger partial charge in [0.25, 0.3) is 5.91 Å². The number of hydrogen-bond donors (Lipinski definition) is 7. The lowest BCUT2D eigenvalue weighted by Crippen LogP contribution is -2.58. The highest BCUT2D eigenvalue weighted by molar-refractivity contribution is 6.38. The third-order valence-electron chi connectivity index (χ3n) is 9.75. The van der Waals surface area contributed by atoms with E-state index in [0.29, 0.717) is 30.4 Å². The van der Waals surface area contributed by atoms with Crippen molar-refractivity contribution in [2.75, 3.05) is 6.54 Å². The minimum atomic E-state index is -1.38. The van der Waals surface area contributed by atoms with Gasteiger partial charge in [0, 0.05) is 6.42 Å². The molecule has 1 fully saturated rings. The predicted molar refractivity (Wildman–Crippen MR) is 206 cm³/mol. The molecule has 2 aromatic rings. The van der Waals surface area contributed by atoms with E-state index < -0.39 is 83.9 Å². The normalized spacial score (nSPS) is 15.6. The average Bonchev–Trinajstić information content (AvgIpc) is 3.18. The summed E-state index contributed by atoms with van der Waals surface area (Å²) in [6, 6.07) is 11.7. The number of ketones is 1. The van der Waals surface area contributed by atoms with Gasteiger partial charge in [0.15, 0.2) is 6.04 Å². The highest BCUT2D eigenvalue weighted by atomic mass is 16.4. The lowest BCUT2D eigenvalue weighted by Gasteiger charge is -2.32. The number of amides is 5. The van der Waals surface area contributed by atoms with Crippen molar-refractivity contribution < 1.29 is 48.6 Å². The second kappa shape index (κ2) is 22.7. The van der Waals surface area contributed by atoms with Crippen LogP contribution in [0.1, 0.15) is 108 Å². The van der Waals surface area contributed by atoms with Crippen molar-refractivity contribution in [3.63, 3.8) is 0 Å². The molecule has 0 aromatic heterocycles. The lowest BCUT2D eigenvalue weighted by atomic mass is 9.83. The van der Waals surface area contributed by atoms with Crippen molar-refractivity contribution in [1.82, 2.24) is 26.6 Å². The maximum atomic E-state index is 13.9. The molecular weight excluding hydrogens is 722 g/mol. The van der Waals surface area contributed by atoms with Crippen molar-refractivity contribution >= 4 is 47.3 Å². The van der Waals surface area contributed by atoms with Gasteiger partial charge in [-0.1, -0.05) is 107 Å². The summed E-state index contributed by atoms with van der Waals surface area (Å²) in [5.41, 5.74) is 0.872. The fourth-order valence-corrected chi connectivity index (χ4v) is 6.85. The van der Waals surface area contributed by atoms with E-state index in [1.165, 1.54) is 12.1 Å². The van der Waals surface area contributed by atoms with Crippen LogP contribution in [0.3, 0.4) is 0 Å². The Labute approximate surface area is 327 Å². The molecule has 0 heterocycles. The molecule has 304 valence electrons. The van der Waals surface area contributed by atoms with Crippen LogP contribution in [0.2, 0.25) is 0 Å². The third-order valence-corrected chi connectivity index (χ3v) is 9.75. The van der Waals surface area contributed by atoms with E-state index >= 15 is 0 Å². The summed E-state index contributed by atoms with van der Waals surface area (Å²) in [5.74, 6) is -8.42. The molecule has 2 unspecified atom stereocenters. The fraction of sp³-hybridized carbons (Fsp3) is 0.512. The Bertz CT molecular complexity index is 1660. The van der Waals surface area contributed by atoms with Crippen LogP contribution >= 0.6 is 0 Å². The molecule has 1 aliphatic rings. The Kier molecular flexibility index (Phi) is 18.2. The predicted octanol–water partition coefficient (Wildman–Crippen LogP) is 3.14. The summed E-state index contributed by atoms with van der Waals surface area (Å²) in [6.45, 7) is 4.74. The average molecular weight is 778 g/mol. The molecule has 0 spiro atoms. The molecule has 56 heavy (non-hydrogen) atoms. The first kappa shape index (κ1) is 44.8. The molecule has 1 saturated carbocycles. The van der Waals surface area contributed by atoms with Crippen LogP contribution in [0.4, 0.5) is 0 Å². The molecule has 15 nitrogen and oxygen atoms in total.